The van der Waals surface area contributed by atoms with Crippen molar-refractivity contribution in [1.82, 2.24) is 10.0 Å². The summed E-state index contributed by atoms with van der Waals surface area (Å²) in [5.74, 6) is 0.877. The lowest BCUT2D eigenvalue weighted by Gasteiger charge is -2.32. The van der Waals surface area contributed by atoms with Gasteiger partial charge < -0.3 is 20.3 Å². The van der Waals surface area contributed by atoms with Gasteiger partial charge in [0.25, 0.3) is 0 Å². The van der Waals surface area contributed by atoms with Gasteiger partial charge in [-0.1, -0.05) is 18.2 Å². The first-order valence-corrected chi connectivity index (χ1v) is 13.5. The molecule has 0 radical (unpaired) electrons. The molecule has 36 heavy (non-hydrogen) atoms. The number of nitrogens with one attached hydrogen (secondary N) is 2. The number of aliphatic hydroxyl groups is 1. The first kappa shape index (κ1) is 28.2. The Kier molecular flexibility index (Phi) is 9.22. The van der Waals surface area contributed by atoms with E-state index in [9.17, 15) is 13.5 Å². The zero-order valence-corrected chi connectivity index (χ0v) is 22.1. The summed E-state index contributed by atoms with van der Waals surface area (Å²) in [7, 11) is -2.30. The quantitative estimate of drug-likeness (QED) is 0.319. The van der Waals surface area contributed by atoms with Gasteiger partial charge in [0.05, 0.1) is 35.6 Å². The molecule has 196 valence electrons. The number of sulfonamides is 1. The monoisotopic (exact) mass is 536 g/mol. The fourth-order valence-corrected chi connectivity index (χ4v) is 5.84. The van der Waals surface area contributed by atoms with E-state index in [1.807, 2.05) is 44.2 Å². The van der Waals surface area contributed by atoms with E-state index in [4.69, 9.17) is 32.1 Å². The van der Waals surface area contributed by atoms with Gasteiger partial charge in [0.2, 0.25) is 10.0 Å². The van der Waals surface area contributed by atoms with E-state index in [-0.39, 0.29) is 24.0 Å². The zero-order chi connectivity index (χ0) is 26.5. The van der Waals surface area contributed by atoms with E-state index >= 15 is 0 Å². The molecular weight excluding hydrogens is 504 g/mol. The third-order valence-electron chi connectivity index (χ3n) is 6.19. The summed E-state index contributed by atoms with van der Waals surface area (Å²) >= 11 is 6.21. The van der Waals surface area contributed by atoms with Crippen LogP contribution in [0.25, 0.3) is 0 Å². The Labute approximate surface area is 217 Å². The van der Waals surface area contributed by atoms with Gasteiger partial charge in [0.1, 0.15) is 24.1 Å². The van der Waals surface area contributed by atoms with Crippen molar-refractivity contribution >= 4 is 21.6 Å². The molecule has 0 spiro atoms. The third-order valence-corrected chi connectivity index (χ3v) is 8.23. The second-order valence-electron chi connectivity index (χ2n) is 9.51. The molecule has 1 aliphatic heterocycles. The lowest BCUT2D eigenvalue weighted by Crippen LogP contribution is -2.41. The number of hydrogen-bond donors (Lipinski definition) is 4. The van der Waals surface area contributed by atoms with Crippen molar-refractivity contribution < 1.29 is 23.0 Å². The number of hydrogen-bond acceptors (Lipinski definition) is 8. The van der Waals surface area contributed by atoms with Crippen LogP contribution in [0.15, 0.2) is 53.4 Å². The number of alkyl halides is 1. The molecule has 2 aromatic rings. The van der Waals surface area contributed by atoms with E-state index in [0.717, 1.165) is 11.3 Å². The van der Waals surface area contributed by atoms with E-state index < -0.39 is 39.1 Å². The molecule has 3 rings (SSSR count). The first-order valence-electron chi connectivity index (χ1n) is 11.6. The Balaban J connectivity index is 1.64. The molecule has 1 aliphatic rings. The highest BCUT2D eigenvalue weighted by atomic mass is 35.5. The number of nitriles is 1. The molecule has 0 aliphatic carbocycles. The number of methoxy groups -OCH3 is 1. The minimum Gasteiger partial charge on any atom is -0.497 e. The fraction of sp³-hybridized carbons (Fsp3) is 0.480. The molecule has 4 unspecified atom stereocenters. The third kappa shape index (κ3) is 7.09. The van der Waals surface area contributed by atoms with Crippen LogP contribution in [0.2, 0.25) is 0 Å². The summed E-state index contributed by atoms with van der Waals surface area (Å²) in [6.45, 7) is 4.02. The molecule has 5 atom stereocenters. The number of halogens is 1. The Morgan fingerprint density at radius 1 is 1.28 bits per heavy atom. The van der Waals surface area contributed by atoms with E-state index in [1.54, 1.807) is 19.2 Å². The fourth-order valence-electron chi connectivity index (χ4n) is 4.17. The Hall–Kier alpha value is -2.39. The zero-order valence-electron chi connectivity index (χ0n) is 20.5. The van der Waals surface area contributed by atoms with Crippen molar-refractivity contribution in [3.63, 3.8) is 0 Å². The molecule has 9 nitrogen and oxygen atoms in total. The normalized spacial score (nSPS) is 22.0. The van der Waals surface area contributed by atoms with Crippen LogP contribution in [0, 0.1) is 11.3 Å². The molecule has 1 fully saturated rings. The number of aliphatic hydroxyl groups excluding tert-OH is 1. The van der Waals surface area contributed by atoms with Gasteiger partial charge in [0, 0.05) is 24.1 Å². The average Bonchev–Trinajstić information content (AvgIpc) is 3.19. The van der Waals surface area contributed by atoms with Gasteiger partial charge in [-0.2, -0.15) is 5.26 Å². The topological polar surface area (TPSA) is 147 Å². The summed E-state index contributed by atoms with van der Waals surface area (Å²) in [6, 6.07) is 14.3. The van der Waals surface area contributed by atoms with Gasteiger partial charge in [0.15, 0.2) is 0 Å². The van der Waals surface area contributed by atoms with Gasteiger partial charge in [-0.25, -0.2) is 13.1 Å². The van der Waals surface area contributed by atoms with Crippen molar-refractivity contribution in [2.45, 2.75) is 60.2 Å². The van der Waals surface area contributed by atoms with E-state index in [2.05, 4.69) is 10.0 Å². The summed E-state index contributed by atoms with van der Waals surface area (Å²) in [5, 5.41) is 22.0. The molecule has 0 amide bonds. The van der Waals surface area contributed by atoms with Crippen LogP contribution in [0.1, 0.15) is 31.7 Å². The SMILES string of the molecule is COc1ccc(C(C[C@@H](O)COc2cccc(S(=O)(=O)NC3CNC(C#N)C3Cl)c2)C(C)(C)N)cc1. The minimum atomic E-state index is -3.90. The van der Waals surface area contributed by atoms with Crippen molar-refractivity contribution in [2.75, 3.05) is 20.3 Å². The summed E-state index contributed by atoms with van der Waals surface area (Å²) in [6.07, 6.45) is -0.496. The van der Waals surface area contributed by atoms with Crippen molar-refractivity contribution in [3.8, 4) is 17.6 Å². The maximum absolute atomic E-state index is 12.9. The smallest absolute Gasteiger partial charge is 0.241 e. The van der Waals surface area contributed by atoms with Crippen LogP contribution in [-0.4, -0.2) is 62.9 Å². The summed E-state index contributed by atoms with van der Waals surface area (Å²) < 4.78 is 39.2. The van der Waals surface area contributed by atoms with Gasteiger partial charge in [-0.3, -0.25) is 5.32 Å². The maximum atomic E-state index is 12.9. The van der Waals surface area contributed by atoms with Gasteiger partial charge >= 0.3 is 0 Å². The number of ether oxygens (including phenoxy) is 2. The van der Waals surface area contributed by atoms with Crippen LogP contribution in [-0.2, 0) is 10.0 Å². The Bertz CT molecular complexity index is 1160. The summed E-state index contributed by atoms with van der Waals surface area (Å²) in [4.78, 5) is -0.00188. The molecule has 1 saturated heterocycles. The summed E-state index contributed by atoms with van der Waals surface area (Å²) in [5.41, 5.74) is 6.78. The van der Waals surface area contributed by atoms with Crippen LogP contribution in [0.5, 0.6) is 11.5 Å². The first-order chi connectivity index (χ1) is 16.9. The van der Waals surface area contributed by atoms with Gasteiger partial charge in [-0.15, -0.1) is 11.6 Å². The molecule has 0 aromatic heterocycles. The Morgan fingerprint density at radius 3 is 2.56 bits per heavy atom. The van der Waals surface area contributed by atoms with Gasteiger partial charge in [-0.05, 0) is 50.1 Å². The number of benzene rings is 2. The highest BCUT2D eigenvalue weighted by Crippen LogP contribution is 2.32. The second kappa shape index (κ2) is 11.8. The molecule has 0 saturated carbocycles. The molecule has 11 heteroatoms. The predicted molar refractivity (Wildman–Crippen MR) is 138 cm³/mol. The molecule has 0 bridgehead atoms. The number of nitrogens with two attached hydrogens (primary N) is 1. The highest BCUT2D eigenvalue weighted by molar-refractivity contribution is 7.89. The predicted octanol–water partition coefficient (Wildman–Crippen LogP) is 2.10. The van der Waals surface area contributed by atoms with Crippen molar-refractivity contribution in [2.24, 2.45) is 5.73 Å². The average molecular weight is 537 g/mol. The molecule has 2 aromatic carbocycles. The number of nitrogens with zero attached hydrogens (tertiary/aromatic N) is 1. The molecule has 1 heterocycles. The highest BCUT2D eigenvalue weighted by Gasteiger charge is 2.37. The lowest BCUT2D eigenvalue weighted by atomic mass is 9.79. The Morgan fingerprint density at radius 2 is 1.97 bits per heavy atom. The van der Waals surface area contributed by atoms with Crippen LogP contribution in [0.3, 0.4) is 0 Å². The van der Waals surface area contributed by atoms with Crippen LogP contribution >= 0.6 is 11.6 Å². The van der Waals surface area contributed by atoms with Crippen molar-refractivity contribution in [3.05, 3.63) is 54.1 Å². The van der Waals surface area contributed by atoms with Crippen molar-refractivity contribution in [1.29, 1.82) is 5.26 Å². The number of rotatable bonds is 11. The van der Waals surface area contributed by atoms with Crippen LogP contribution in [0.4, 0.5) is 0 Å². The molecular formula is C25H33ClN4O5S. The minimum absolute atomic E-state index is 0.00188. The van der Waals surface area contributed by atoms with E-state index in [0.29, 0.717) is 12.2 Å². The van der Waals surface area contributed by atoms with Crippen LogP contribution < -0.4 is 25.2 Å². The molecule has 5 N–H and O–H groups in total. The standard InChI is InChI=1S/C25H33ClN4O5S/c1-25(2,28)21(16-7-9-18(34-3)10-8-16)11-17(31)15-35-19-5-4-6-20(12-19)36(32,33)30-23-14-29-22(13-27)24(23)26/h4-10,12,17,21-24,29-31H,11,14-15,28H2,1-3H3/t17-,21?,22?,23?,24?/m1/s1. The lowest BCUT2D eigenvalue weighted by molar-refractivity contribution is 0.0860. The largest absolute Gasteiger partial charge is 0.497 e. The van der Waals surface area contributed by atoms with E-state index in [1.165, 1.54) is 12.1 Å². The maximum Gasteiger partial charge on any atom is 0.241 e. The second-order valence-corrected chi connectivity index (χ2v) is 11.7.